The SMILES string of the molecule is CC1(C)OCC(C(OC(=O)C23CC4CC(CC(COC(=O)C(C)(F)F)(C4)C2)C3)C2COC(C)(C)O2)O1. The van der Waals surface area contributed by atoms with Crippen molar-refractivity contribution in [2.45, 2.75) is 109 Å². The van der Waals surface area contributed by atoms with Gasteiger partial charge in [-0.2, -0.15) is 8.78 Å². The first-order valence-corrected chi connectivity index (χ1v) is 13.0. The lowest BCUT2D eigenvalue weighted by atomic mass is 9.44. The zero-order valence-electron chi connectivity index (χ0n) is 21.8. The van der Waals surface area contributed by atoms with Crippen LogP contribution >= 0.6 is 0 Å². The minimum atomic E-state index is -3.54. The molecule has 36 heavy (non-hydrogen) atoms. The molecule has 8 nitrogen and oxygen atoms in total. The van der Waals surface area contributed by atoms with Crippen LogP contribution in [0.3, 0.4) is 0 Å². The Morgan fingerprint density at radius 1 is 0.944 bits per heavy atom. The molecule has 6 rings (SSSR count). The van der Waals surface area contributed by atoms with Crippen LogP contribution in [-0.2, 0) is 38.0 Å². The fraction of sp³-hybridized carbons (Fsp3) is 0.923. The van der Waals surface area contributed by atoms with E-state index in [0.29, 0.717) is 26.2 Å². The van der Waals surface area contributed by atoms with Crippen LogP contribution in [0.1, 0.15) is 73.1 Å². The lowest BCUT2D eigenvalue weighted by Gasteiger charge is -2.60. The number of rotatable bonds is 7. The maximum Gasteiger partial charge on any atom is 0.376 e. The highest BCUT2D eigenvalue weighted by atomic mass is 19.3. The molecule has 2 saturated heterocycles. The summed E-state index contributed by atoms with van der Waals surface area (Å²) in [6, 6.07) is 0. The molecule has 10 heteroatoms. The second kappa shape index (κ2) is 8.58. The van der Waals surface area contributed by atoms with Crippen LogP contribution in [0.4, 0.5) is 8.78 Å². The third-order valence-electron chi connectivity index (χ3n) is 8.52. The van der Waals surface area contributed by atoms with Gasteiger partial charge in [-0.15, -0.1) is 0 Å². The molecule has 0 aromatic rings. The molecule has 4 bridgehead atoms. The molecule has 0 aromatic carbocycles. The van der Waals surface area contributed by atoms with Gasteiger partial charge in [-0.1, -0.05) is 0 Å². The van der Waals surface area contributed by atoms with Crippen molar-refractivity contribution in [3.8, 4) is 0 Å². The maximum absolute atomic E-state index is 13.9. The summed E-state index contributed by atoms with van der Waals surface area (Å²) < 4.78 is 61.8. The summed E-state index contributed by atoms with van der Waals surface area (Å²) in [7, 11) is 0. The Morgan fingerprint density at radius 2 is 1.47 bits per heavy atom. The minimum absolute atomic E-state index is 0.0950. The molecule has 2 heterocycles. The van der Waals surface area contributed by atoms with Crippen LogP contribution in [0.15, 0.2) is 0 Å². The Labute approximate surface area is 210 Å². The van der Waals surface area contributed by atoms with Gasteiger partial charge in [0.15, 0.2) is 17.7 Å². The molecular weight excluding hydrogens is 478 g/mol. The van der Waals surface area contributed by atoms with Crippen molar-refractivity contribution < 1.29 is 46.8 Å². The number of carbonyl (C=O) groups is 2. The number of esters is 2. The van der Waals surface area contributed by atoms with Gasteiger partial charge < -0.3 is 28.4 Å². The molecule has 4 unspecified atom stereocenters. The van der Waals surface area contributed by atoms with E-state index in [1.165, 1.54) is 0 Å². The highest BCUT2D eigenvalue weighted by Crippen LogP contribution is 2.65. The number of carbonyl (C=O) groups excluding carboxylic acids is 2. The zero-order valence-corrected chi connectivity index (χ0v) is 21.8. The summed E-state index contributed by atoms with van der Waals surface area (Å²) in [5.74, 6) is -6.45. The van der Waals surface area contributed by atoms with Crippen LogP contribution in [0, 0.1) is 22.7 Å². The quantitative estimate of drug-likeness (QED) is 0.470. The molecule has 6 fully saturated rings. The smallest absolute Gasteiger partial charge is 0.376 e. The van der Waals surface area contributed by atoms with Gasteiger partial charge >= 0.3 is 17.9 Å². The van der Waals surface area contributed by atoms with Gasteiger partial charge in [-0.3, -0.25) is 4.79 Å². The Bertz CT molecular complexity index is 857. The fourth-order valence-electron chi connectivity index (χ4n) is 7.60. The zero-order chi connectivity index (χ0) is 26.1. The predicted molar refractivity (Wildman–Crippen MR) is 121 cm³/mol. The van der Waals surface area contributed by atoms with Crippen LogP contribution in [-0.4, -0.2) is 67.6 Å². The molecule has 2 aliphatic heterocycles. The fourth-order valence-corrected chi connectivity index (χ4v) is 7.60. The van der Waals surface area contributed by atoms with Crippen LogP contribution in [0.5, 0.6) is 0 Å². The largest absolute Gasteiger partial charge is 0.461 e. The topological polar surface area (TPSA) is 89.5 Å². The molecule has 0 N–H and O–H groups in total. The highest BCUT2D eigenvalue weighted by molar-refractivity contribution is 5.78. The molecule has 0 amide bonds. The lowest BCUT2D eigenvalue weighted by Crippen LogP contribution is -2.58. The van der Waals surface area contributed by atoms with Gasteiger partial charge in [0.1, 0.15) is 12.2 Å². The molecule has 6 aliphatic rings. The summed E-state index contributed by atoms with van der Waals surface area (Å²) in [5.41, 5.74) is -1.23. The first-order valence-electron chi connectivity index (χ1n) is 13.0. The summed E-state index contributed by atoms with van der Waals surface area (Å²) in [6.45, 7) is 8.21. The van der Waals surface area contributed by atoms with E-state index in [9.17, 15) is 18.4 Å². The van der Waals surface area contributed by atoms with E-state index in [1.54, 1.807) is 0 Å². The highest BCUT2D eigenvalue weighted by Gasteiger charge is 2.62. The van der Waals surface area contributed by atoms with Gasteiger partial charge in [0.2, 0.25) is 0 Å². The van der Waals surface area contributed by atoms with E-state index in [1.807, 2.05) is 27.7 Å². The van der Waals surface area contributed by atoms with Crippen LogP contribution in [0.2, 0.25) is 0 Å². The van der Waals surface area contributed by atoms with E-state index in [0.717, 1.165) is 19.3 Å². The van der Waals surface area contributed by atoms with Gasteiger partial charge in [-0.05, 0) is 78.1 Å². The van der Waals surface area contributed by atoms with Crippen molar-refractivity contribution >= 4 is 11.9 Å². The third-order valence-corrected chi connectivity index (χ3v) is 8.52. The minimum Gasteiger partial charge on any atom is -0.461 e. The van der Waals surface area contributed by atoms with Crippen molar-refractivity contribution in [1.29, 1.82) is 0 Å². The first kappa shape index (κ1) is 26.3. The van der Waals surface area contributed by atoms with Crippen LogP contribution < -0.4 is 0 Å². The molecule has 0 spiro atoms. The monoisotopic (exact) mass is 516 g/mol. The van der Waals surface area contributed by atoms with E-state index >= 15 is 0 Å². The lowest BCUT2D eigenvalue weighted by molar-refractivity contribution is -0.216. The summed E-state index contributed by atoms with van der Waals surface area (Å²) in [5, 5.41) is 0. The van der Waals surface area contributed by atoms with E-state index in [-0.39, 0.29) is 37.6 Å². The molecule has 204 valence electrons. The number of halogens is 2. The van der Waals surface area contributed by atoms with E-state index < -0.39 is 52.6 Å². The van der Waals surface area contributed by atoms with Crippen molar-refractivity contribution in [3.63, 3.8) is 0 Å². The normalized spacial score (nSPS) is 41.3. The van der Waals surface area contributed by atoms with Crippen molar-refractivity contribution in [1.82, 2.24) is 0 Å². The van der Waals surface area contributed by atoms with Crippen molar-refractivity contribution in [2.75, 3.05) is 19.8 Å². The van der Waals surface area contributed by atoms with Gasteiger partial charge in [0, 0.05) is 12.3 Å². The molecule has 4 aliphatic carbocycles. The standard InChI is InChI=1S/C26H38F2O8/c1-22(2)32-11-17(35-22)19(18-12-33-23(3,4)36-18)34-21(30)26-9-15-6-16(10-26)8-25(7-15,13-26)14-31-20(29)24(5,27)28/h15-19H,6-14H2,1-5H3. The van der Waals surface area contributed by atoms with Gasteiger partial charge in [0.25, 0.3) is 0 Å². The predicted octanol–water partition coefficient (Wildman–Crippen LogP) is 3.99. The Morgan fingerprint density at radius 3 is 1.92 bits per heavy atom. The second-order valence-corrected chi connectivity index (χ2v) is 12.8. The Balaban J connectivity index is 1.34. The second-order valence-electron chi connectivity index (χ2n) is 12.8. The average molecular weight is 517 g/mol. The van der Waals surface area contributed by atoms with Crippen molar-refractivity contribution in [3.05, 3.63) is 0 Å². The van der Waals surface area contributed by atoms with E-state index in [2.05, 4.69) is 0 Å². The van der Waals surface area contributed by atoms with Gasteiger partial charge in [0.05, 0.1) is 25.2 Å². The Hall–Kier alpha value is -1.36. The molecular formula is C26H38F2O8. The summed E-state index contributed by atoms with van der Waals surface area (Å²) in [4.78, 5) is 25.7. The molecule has 0 aromatic heterocycles. The third kappa shape index (κ3) is 5.02. The first-order chi connectivity index (χ1) is 16.6. The maximum atomic E-state index is 13.9. The van der Waals surface area contributed by atoms with Crippen LogP contribution in [0.25, 0.3) is 0 Å². The Kier molecular flexibility index (Phi) is 6.26. The average Bonchev–Trinajstić information content (AvgIpc) is 3.29. The number of alkyl halides is 2. The van der Waals surface area contributed by atoms with Gasteiger partial charge in [-0.25, -0.2) is 4.79 Å². The summed E-state index contributed by atoms with van der Waals surface area (Å²) >= 11 is 0. The number of hydrogen-bond donors (Lipinski definition) is 0. The summed E-state index contributed by atoms with van der Waals surface area (Å²) in [6.07, 6.45) is 2.64. The number of ether oxygens (including phenoxy) is 6. The molecule has 0 radical (unpaired) electrons. The molecule has 4 atom stereocenters. The molecule has 4 saturated carbocycles. The van der Waals surface area contributed by atoms with Crippen molar-refractivity contribution in [2.24, 2.45) is 22.7 Å². The van der Waals surface area contributed by atoms with E-state index in [4.69, 9.17) is 28.4 Å². The number of hydrogen-bond acceptors (Lipinski definition) is 8.